The maximum absolute atomic E-state index is 6.04. The summed E-state index contributed by atoms with van der Waals surface area (Å²) < 4.78 is 11.5. The van der Waals surface area contributed by atoms with Crippen LogP contribution in [-0.4, -0.2) is 30.8 Å². The van der Waals surface area contributed by atoms with Gasteiger partial charge in [-0.2, -0.15) is 0 Å². The number of hydrogen-bond donors (Lipinski definition) is 1. The Balaban J connectivity index is 2.00. The van der Waals surface area contributed by atoms with Gasteiger partial charge in [-0.05, 0) is 44.9 Å². The molecule has 0 amide bonds. The summed E-state index contributed by atoms with van der Waals surface area (Å²) >= 11 is 0. The molecular formula is C15H24N2O2. The third kappa shape index (κ3) is 4.48. The number of pyridine rings is 1. The number of aryl methyl sites for hydroxylation is 1. The lowest BCUT2D eigenvalue weighted by atomic mass is 10.1. The van der Waals surface area contributed by atoms with Gasteiger partial charge in [-0.15, -0.1) is 0 Å². The summed E-state index contributed by atoms with van der Waals surface area (Å²) in [4.78, 5) is 4.58. The van der Waals surface area contributed by atoms with Crippen LogP contribution in [0, 0.1) is 6.92 Å². The standard InChI is InChI=1S/C15H24N2O2/c1-3-8-16-10-14-15(7-6-12(2)17-14)19-13-5-4-9-18-11-13/h6-7,13,16H,3-5,8-11H2,1-2H3. The van der Waals surface area contributed by atoms with Gasteiger partial charge >= 0.3 is 0 Å². The van der Waals surface area contributed by atoms with Crippen molar-refractivity contribution in [2.75, 3.05) is 19.8 Å². The first kappa shape index (κ1) is 14.3. The largest absolute Gasteiger partial charge is 0.486 e. The Bertz CT molecular complexity index is 390. The Labute approximate surface area is 115 Å². The molecule has 1 aliphatic rings. The molecule has 4 nitrogen and oxygen atoms in total. The van der Waals surface area contributed by atoms with E-state index in [1.54, 1.807) is 0 Å². The zero-order chi connectivity index (χ0) is 13.5. The number of rotatable bonds is 6. The molecule has 0 aromatic carbocycles. The summed E-state index contributed by atoms with van der Waals surface area (Å²) in [7, 11) is 0. The monoisotopic (exact) mass is 264 g/mol. The normalized spacial score (nSPS) is 19.4. The number of hydrogen-bond acceptors (Lipinski definition) is 4. The van der Waals surface area contributed by atoms with Crippen molar-refractivity contribution in [3.63, 3.8) is 0 Å². The van der Waals surface area contributed by atoms with Gasteiger partial charge in [0.05, 0.1) is 12.3 Å². The van der Waals surface area contributed by atoms with Crippen molar-refractivity contribution in [2.24, 2.45) is 0 Å². The smallest absolute Gasteiger partial charge is 0.142 e. The Morgan fingerprint density at radius 3 is 3.11 bits per heavy atom. The molecule has 1 saturated heterocycles. The highest BCUT2D eigenvalue weighted by Gasteiger charge is 2.17. The maximum Gasteiger partial charge on any atom is 0.142 e. The fraction of sp³-hybridized carbons (Fsp3) is 0.667. The van der Waals surface area contributed by atoms with Crippen LogP contribution in [0.2, 0.25) is 0 Å². The third-order valence-electron chi connectivity index (χ3n) is 3.20. The Morgan fingerprint density at radius 2 is 2.37 bits per heavy atom. The molecule has 1 unspecified atom stereocenters. The Hall–Kier alpha value is -1.13. The minimum Gasteiger partial charge on any atom is -0.486 e. The lowest BCUT2D eigenvalue weighted by Gasteiger charge is -2.24. The van der Waals surface area contributed by atoms with E-state index in [1.807, 2.05) is 19.1 Å². The molecule has 2 heterocycles. The highest BCUT2D eigenvalue weighted by Crippen LogP contribution is 2.21. The minimum absolute atomic E-state index is 0.170. The SMILES string of the molecule is CCCNCc1nc(C)ccc1OC1CCCOC1. The van der Waals surface area contributed by atoms with Crippen LogP contribution in [0.5, 0.6) is 5.75 Å². The molecule has 2 rings (SSSR count). The van der Waals surface area contributed by atoms with Crippen LogP contribution >= 0.6 is 0 Å². The van der Waals surface area contributed by atoms with Gasteiger partial charge in [0.2, 0.25) is 0 Å². The van der Waals surface area contributed by atoms with E-state index in [4.69, 9.17) is 9.47 Å². The molecule has 0 bridgehead atoms. The molecule has 0 aliphatic carbocycles. The number of nitrogens with one attached hydrogen (secondary N) is 1. The molecular weight excluding hydrogens is 240 g/mol. The minimum atomic E-state index is 0.170. The first-order chi connectivity index (χ1) is 9.29. The van der Waals surface area contributed by atoms with E-state index < -0.39 is 0 Å². The van der Waals surface area contributed by atoms with Crippen LogP contribution in [0.1, 0.15) is 37.6 Å². The molecule has 106 valence electrons. The van der Waals surface area contributed by atoms with Crippen LogP contribution in [0.3, 0.4) is 0 Å². The molecule has 19 heavy (non-hydrogen) atoms. The topological polar surface area (TPSA) is 43.4 Å². The molecule has 0 radical (unpaired) electrons. The molecule has 0 saturated carbocycles. The first-order valence-corrected chi connectivity index (χ1v) is 7.21. The lowest BCUT2D eigenvalue weighted by Crippen LogP contribution is -2.29. The lowest BCUT2D eigenvalue weighted by molar-refractivity contribution is 0.00680. The summed E-state index contributed by atoms with van der Waals surface area (Å²) in [6.45, 7) is 7.48. The first-order valence-electron chi connectivity index (χ1n) is 7.21. The third-order valence-corrected chi connectivity index (χ3v) is 3.20. The Morgan fingerprint density at radius 1 is 1.47 bits per heavy atom. The van der Waals surface area contributed by atoms with Gasteiger partial charge in [-0.3, -0.25) is 4.98 Å². The van der Waals surface area contributed by atoms with Gasteiger partial charge in [0.25, 0.3) is 0 Å². The van der Waals surface area contributed by atoms with Crippen LogP contribution < -0.4 is 10.1 Å². The average Bonchev–Trinajstić information content (AvgIpc) is 2.43. The molecule has 0 spiro atoms. The summed E-state index contributed by atoms with van der Waals surface area (Å²) in [5, 5.41) is 3.38. The van der Waals surface area contributed by atoms with Gasteiger partial charge in [-0.1, -0.05) is 6.92 Å². The summed E-state index contributed by atoms with van der Waals surface area (Å²) in [5.74, 6) is 0.893. The number of aromatic nitrogens is 1. The van der Waals surface area contributed by atoms with E-state index in [2.05, 4.69) is 17.2 Å². The van der Waals surface area contributed by atoms with Gasteiger partial charge in [0.1, 0.15) is 11.9 Å². The van der Waals surface area contributed by atoms with Crippen LogP contribution in [0.4, 0.5) is 0 Å². The van der Waals surface area contributed by atoms with Crippen molar-refractivity contribution in [3.05, 3.63) is 23.5 Å². The van der Waals surface area contributed by atoms with Crippen molar-refractivity contribution >= 4 is 0 Å². The van der Waals surface area contributed by atoms with E-state index >= 15 is 0 Å². The molecule has 1 aliphatic heterocycles. The van der Waals surface area contributed by atoms with Crippen LogP contribution in [-0.2, 0) is 11.3 Å². The van der Waals surface area contributed by atoms with Gasteiger partial charge in [-0.25, -0.2) is 0 Å². The van der Waals surface area contributed by atoms with Crippen LogP contribution in [0.25, 0.3) is 0 Å². The summed E-state index contributed by atoms with van der Waals surface area (Å²) in [5.41, 5.74) is 2.03. The fourth-order valence-corrected chi connectivity index (χ4v) is 2.20. The highest BCUT2D eigenvalue weighted by atomic mass is 16.5. The van der Waals surface area contributed by atoms with Gasteiger partial charge in [0.15, 0.2) is 0 Å². The van der Waals surface area contributed by atoms with Gasteiger partial charge < -0.3 is 14.8 Å². The molecule has 1 aromatic heterocycles. The fourth-order valence-electron chi connectivity index (χ4n) is 2.20. The second kappa shape index (κ2) is 7.46. The molecule has 1 fully saturated rings. The average molecular weight is 264 g/mol. The zero-order valence-electron chi connectivity index (χ0n) is 11.9. The zero-order valence-corrected chi connectivity index (χ0v) is 11.9. The van der Waals surface area contributed by atoms with E-state index in [1.165, 1.54) is 0 Å². The maximum atomic E-state index is 6.04. The van der Waals surface area contributed by atoms with Crippen molar-refractivity contribution in [3.8, 4) is 5.75 Å². The molecule has 4 heteroatoms. The number of nitrogens with zero attached hydrogens (tertiary/aromatic N) is 1. The predicted octanol–water partition coefficient (Wildman–Crippen LogP) is 2.45. The van der Waals surface area contributed by atoms with E-state index in [9.17, 15) is 0 Å². The number of ether oxygens (including phenoxy) is 2. The summed E-state index contributed by atoms with van der Waals surface area (Å²) in [6.07, 6.45) is 3.44. The highest BCUT2D eigenvalue weighted by molar-refractivity contribution is 5.29. The van der Waals surface area contributed by atoms with Crippen molar-refractivity contribution < 1.29 is 9.47 Å². The molecule has 1 aromatic rings. The Kier molecular flexibility index (Phi) is 5.61. The van der Waals surface area contributed by atoms with E-state index in [0.717, 1.165) is 56.1 Å². The predicted molar refractivity (Wildman–Crippen MR) is 75.4 cm³/mol. The molecule has 1 atom stereocenters. The van der Waals surface area contributed by atoms with Crippen molar-refractivity contribution in [1.29, 1.82) is 0 Å². The van der Waals surface area contributed by atoms with E-state index in [-0.39, 0.29) is 6.10 Å². The molecule has 1 N–H and O–H groups in total. The second-order valence-corrected chi connectivity index (χ2v) is 5.03. The summed E-state index contributed by atoms with van der Waals surface area (Å²) in [6, 6.07) is 4.03. The second-order valence-electron chi connectivity index (χ2n) is 5.03. The van der Waals surface area contributed by atoms with Crippen molar-refractivity contribution in [2.45, 2.75) is 45.8 Å². The van der Waals surface area contributed by atoms with Crippen molar-refractivity contribution in [1.82, 2.24) is 10.3 Å². The van der Waals surface area contributed by atoms with Gasteiger partial charge in [0, 0.05) is 18.8 Å². The quantitative estimate of drug-likeness (QED) is 0.802. The van der Waals surface area contributed by atoms with Crippen LogP contribution in [0.15, 0.2) is 12.1 Å². The van der Waals surface area contributed by atoms with E-state index in [0.29, 0.717) is 6.61 Å².